The smallest absolute Gasteiger partial charge is 0.123 e. The Labute approximate surface area is 142 Å². The van der Waals surface area contributed by atoms with Crippen molar-refractivity contribution in [3.8, 4) is 22.5 Å². The third-order valence-corrected chi connectivity index (χ3v) is 4.60. The SMILES string of the molecule is CS(=O)CCCn1cnc(-c2ccc(F)cc2)c1-c1ccncc1. The number of aromatic nitrogens is 3. The molecule has 124 valence electrons. The molecule has 1 unspecified atom stereocenters. The van der Waals surface area contributed by atoms with Crippen LogP contribution in [-0.4, -0.2) is 30.8 Å². The van der Waals surface area contributed by atoms with Crippen LogP contribution in [0.4, 0.5) is 4.39 Å². The monoisotopic (exact) mass is 343 g/mol. The second kappa shape index (κ2) is 7.49. The highest BCUT2D eigenvalue weighted by atomic mass is 32.2. The van der Waals surface area contributed by atoms with Gasteiger partial charge in [-0.3, -0.25) is 9.19 Å². The molecule has 24 heavy (non-hydrogen) atoms. The molecule has 1 atom stereocenters. The molecule has 3 rings (SSSR count). The fourth-order valence-electron chi connectivity index (χ4n) is 2.62. The second-order valence-corrected chi connectivity index (χ2v) is 7.06. The van der Waals surface area contributed by atoms with E-state index >= 15 is 0 Å². The number of pyridine rings is 1. The fraction of sp³-hybridized carbons (Fsp3) is 0.222. The van der Waals surface area contributed by atoms with Gasteiger partial charge in [0, 0.05) is 52.9 Å². The van der Waals surface area contributed by atoms with E-state index in [0.29, 0.717) is 5.75 Å². The maximum atomic E-state index is 13.2. The molecule has 6 heteroatoms. The lowest BCUT2D eigenvalue weighted by atomic mass is 10.1. The van der Waals surface area contributed by atoms with Crippen LogP contribution >= 0.6 is 0 Å². The summed E-state index contributed by atoms with van der Waals surface area (Å²) in [6.07, 6.45) is 7.78. The molecule has 0 aliphatic carbocycles. The van der Waals surface area contributed by atoms with Gasteiger partial charge in [-0.25, -0.2) is 9.37 Å². The molecule has 1 aromatic carbocycles. The van der Waals surface area contributed by atoms with E-state index < -0.39 is 10.8 Å². The third kappa shape index (κ3) is 3.76. The summed E-state index contributed by atoms with van der Waals surface area (Å²) in [4.78, 5) is 8.60. The molecular weight excluding hydrogens is 325 g/mol. The summed E-state index contributed by atoms with van der Waals surface area (Å²) in [5.74, 6) is 0.383. The van der Waals surface area contributed by atoms with Crippen LogP contribution in [0.1, 0.15) is 6.42 Å². The van der Waals surface area contributed by atoms with Gasteiger partial charge in [-0.1, -0.05) is 0 Å². The van der Waals surface area contributed by atoms with E-state index in [9.17, 15) is 8.60 Å². The zero-order valence-corrected chi connectivity index (χ0v) is 14.2. The lowest BCUT2D eigenvalue weighted by Crippen LogP contribution is -2.04. The summed E-state index contributed by atoms with van der Waals surface area (Å²) < 4.78 is 26.6. The van der Waals surface area contributed by atoms with Crippen molar-refractivity contribution in [1.29, 1.82) is 0 Å². The van der Waals surface area contributed by atoms with Crippen molar-refractivity contribution in [3.05, 3.63) is 60.9 Å². The Balaban J connectivity index is 2.01. The number of nitrogens with zero attached hydrogens (tertiary/aromatic N) is 3. The van der Waals surface area contributed by atoms with E-state index in [0.717, 1.165) is 35.5 Å². The van der Waals surface area contributed by atoms with E-state index in [4.69, 9.17) is 0 Å². The highest BCUT2D eigenvalue weighted by molar-refractivity contribution is 7.84. The minimum absolute atomic E-state index is 0.269. The zero-order valence-electron chi connectivity index (χ0n) is 13.4. The number of rotatable bonds is 6. The van der Waals surface area contributed by atoms with Crippen molar-refractivity contribution < 1.29 is 8.60 Å². The van der Waals surface area contributed by atoms with Gasteiger partial charge < -0.3 is 4.57 Å². The summed E-state index contributed by atoms with van der Waals surface area (Å²) in [5, 5.41) is 0. The van der Waals surface area contributed by atoms with Crippen LogP contribution in [0, 0.1) is 5.82 Å². The number of halogens is 1. The summed E-state index contributed by atoms with van der Waals surface area (Å²) in [5.41, 5.74) is 3.63. The van der Waals surface area contributed by atoms with Crippen molar-refractivity contribution in [1.82, 2.24) is 14.5 Å². The molecule has 4 nitrogen and oxygen atoms in total. The highest BCUT2D eigenvalue weighted by Gasteiger charge is 2.15. The molecule has 3 aromatic rings. The average molecular weight is 343 g/mol. The van der Waals surface area contributed by atoms with Crippen molar-refractivity contribution in [3.63, 3.8) is 0 Å². The van der Waals surface area contributed by atoms with E-state index in [1.165, 1.54) is 12.1 Å². The van der Waals surface area contributed by atoms with Gasteiger partial charge in [0.05, 0.1) is 17.7 Å². The van der Waals surface area contributed by atoms with E-state index in [1.54, 1.807) is 37.1 Å². The standard InChI is InChI=1S/C18H18FN3OS/c1-24(23)12-2-11-22-13-21-17(14-3-5-16(19)6-4-14)18(22)15-7-9-20-10-8-15/h3-10,13H,2,11-12H2,1H3. The Hall–Kier alpha value is -2.34. The van der Waals surface area contributed by atoms with Gasteiger partial charge in [-0.05, 0) is 42.8 Å². The predicted octanol–water partition coefficient (Wildman–Crippen LogP) is 3.52. The summed E-state index contributed by atoms with van der Waals surface area (Å²) in [6, 6.07) is 10.2. The largest absolute Gasteiger partial charge is 0.330 e. The van der Waals surface area contributed by atoms with Crippen molar-refractivity contribution in [2.24, 2.45) is 0 Å². The zero-order chi connectivity index (χ0) is 16.9. The van der Waals surface area contributed by atoms with Gasteiger partial charge in [0.15, 0.2) is 0 Å². The third-order valence-electron chi connectivity index (χ3n) is 3.74. The lowest BCUT2D eigenvalue weighted by Gasteiger charge is -2.10. The van der Waals surface area contributed by atoms with E-state index in [2.05, 4.69) is 14.5 Å². The van der Waals surface area contributed by atoms with Crippen molar-refractivity contribution >= 4 is 10.8 Å². The quantitative estimate of drug-likeness (QED) is 0.688. The number of aryl methyl sites for hydroxylation is 1. The van der Waals surface area contributed by atoms with Crippen LogP contribution < -0.4 is 0 Å². The molecule has 0 saturated carbocycles. The maximum Gasteiger partial charge on any atom is 0.123 e. The van der Waals surface area contributed by atoms with Crippen LogP contribution in [-0.2, 0) is 17.3 Å². The molecule has 0 amide bonds. The van der Waals surface area contributed by atoms with Gasteiger partial charge in [0.1, 0.15) is 5.82 Å². The minimum atomic E-state index is -0.808. The summed E-state index contributed by atoms with van der Waals surface area (Å²) in [6.45, 7) is 0.728. The van der Waals surface area contributed by atoms with Crippen molar-refractivity contribution in [2.75, 3.05) is 12.0 Å². The Bertz CT molecular complexity index is 831. The number of hydrogen-bond acceptors (Lipinski definition) is 3. The van der Waals surface area contributed by atoms with Gasteiger partial charge in [-0.2, -0.15) is 0 Å². The van der Waals surface area contributed by atoms with E-state index in [1.807, 2.05) is 12.1 Å². The molecule has 0 spiro atoms. The highest BCUT2D eigenvalue weighted by Crippen LogP contribution is 2.31. The Morgan fingerprint density at radius 2 is 1.79 bits per heavy atom. The fourth-order valence-corrected chi connectivity index (χ4v) is 3.16. The average Bonchev–Trinajstić information content (AvgIpc) is 3.00. The molecule has 0 bridgehead atoms. The molecule has 0 aliphatic rings. The summed E-state index contributed by atoms with van der Waals surface area (Å²) >= 11 is 0. The first-order chi connectivity index (χ1) is 11.6. The molecule has 2 heterocycles. The predicted molar refractivity (Wildman–Crippen MR) is 94.4 cm³/mol. The van der Waals surface area contributed by atoms with Crippen LogP contribution in [0.25, 0.3) is 22.5 Å². The van der Waals surface area contributed by atoms with Gasteiger partial charge in [0.2, 0.25) is 0 Å². The number of imidazole rings is 1. The lowest BCUT2D eigenvalue weighted by molar-refractivity contribution is 0.628. The molecule has 0 radical (unpaired) electrons. The topological polar surface area (TPSA) is 47.8 Å². The number of benzene rings is 1. The first-order valence-electron chi connectivity index (χ1n) is 7.66. The normalized spacial score (nSPS) is 12.2. The first-order valence-corrected chi connectivity index (χ1v) is 9.39. The Morgan fingerprint density at radius 1 is 1.08 bits per heavy atom. The second-order valence-electron chi connectivity index (χ2n) is 5.51. The molecule has 0 fully saturated rings. The van der Waals surface area contributed by atoms with Crippen LogP contribution in [0.3, 0.4) is 0 Å². The Morgan fingerprint density at radius 3 is 2.46 bits per heavy atom. The maximum absolute atomic E-state index is 13.2. The van der Waals surface area contributed by atoms with Crippen molar-refractivity contribution in [2.45, 2.75) is 13.0 Å². The molecule has 0 saturated heterocycles. The first kappa shape index (κ1) is 16.5. The molecule has 0 aliphatic heterocycles. The van der Waals surface area contributed by atoms with Crippen LogP contribution in [0.15, 0.2) is 55.1 Å². The van der Waals surface area contributed by atoms with Crippen LogP contribution in [0.2, 0.25) is 0 Å². The number of hydrogen-bond donors (Lipinski definition) is 0. The van der Waals surface area contributed by atoms with Gasteiger partial charge in [-0.15, -0.1) is 0 Å². The van der Waals surface area contributed by atoms with Gasteiger partial charge in [0.25, 0.3) is 0 Å². The molecular formula is C18H18FN3OS. The van der Waals surface area contributed by atoms with Gasteiger partial charge >= 0.3 is 0 Å². The summed E-state index contributed by atoms with van der Waals surface area (Å²) in [7, 11) is -0.808. The molecule has 2 aromatic heterocycles. The Kier molecular flexibility index (Phi) is 5.15. The van der Waals surface area contributed by atoms with Crippen LogP contribution in [0.5, 0.6) is 0 Å². The molecule has 0 N–H and O–H groups in total. The van der Waals surface area contributed by atoms with E-state index in [-0.39, 0.29) is 5.82 Å². The minimum Gasteiger partial charge on any atom is -0.330 e.